The van der Waals surface area contributed by atoms with Crippen molar-refractivity contribution < 1.29 is 9.53 Å². The molecule has 4 nitrogen and oxygen atoms in total. The maximum absolute atomic E-state index is 12.3. The fourth-order valence-corrected chi connectivity index (χ4v) is 2.33. The van der Waals surface area contributed by atoms with Crippen molar-refractivity contribution in [2.75, 3.05) is 11.9 Å². The van der Waals surface area contributed by atoms with Gasteiger partial charge in [0.05, 0.1) is 6.61 Å². The van der Waals surface area contributed by atoms with Gasteiger partial charge in [0.25, 0.3) is 0 Å². The number of carbonyl (C=O) groups excluding carboxylic acids is 1. The molecule has 0 bridgehead atoms. The van der Waals surface area contributed by atoms with Crippen LogP contribution in [0.15, 0.2) is 18.2 Å². The highest BCUT2D eigenvalue weighted by atomic mass is 16.5. The smallest absolute Gasteiger partial charge is 0.227 e. The van der Waals surface area contributed by atoms with E-state index in [1.807, 2.05) is 25.1 Å². The molecule has 0 saturated heterocycles. The second kappa shape index (κ2) is 9.40. The van der Waals surface area contributed by atoms with Crippen LogP contribution < -0.4 is 15.8 Å². The first-order valence-electron chi connectivity index (χ1n) is 7.92. The molecule has 0 aromatic heterocycles. The molecule has 0 aliphatic carbocycles. The molecule has 1 amide bonds. The minimum absolute atomic E-state index is 0.0813. The molecule has 1 aromatic rings. The Morgan fingerprint density at radius 2 is 2.10 bits per heavy atom. The summed E-state index contributed by atoms with van der Waals surface area (Å²) < 4.78 is 5.52. The average molecular weight is 292 g/mol. The lowest BCUT2D eigenvalue weighted by Gasteiger charge is -2.16. The van der Waals surface area contributed by atoms with Gasteiger partial charge in [-0.05, 0) is 38.0 Å². The third kappa shape index (κ3) is 5.38. The molecule has 1 aromatic carbocycles. The number of benzene rings is 1. The van der Waals surface area contributed by atoms with Crippen LogP contribution in [0.1, 0.15) is 52.0 Å². The molecule has 0 saturated carbocycles. The molecule has 0 fully saturated rings. The van der Waals surface area contributed by atoms with Gasteiger partial charge in [0.15, 0.2) is 0 Å². The number of unbranched alkanes of at least 4 members (excludes halogenated alkanes) is 1. The average Bonchev–Trinajstić information content (AvgIpc) is 2.49. The van der Waals surface area contributed by atoms with Gasteiger partial charge < -0.3 is 15.8 Å². The highest BCUT2D eigenvalue weighted by molar-refractivity contribution is 5.92. The zero-order chi connectivity index (χ0) is 15.7. The van der Waals surface area contributed by atoms with E-state index in [-0.39, 0.29) is 11.8 Å². The van der Waals surface area contributed by atoms with Crippen LogP contribution in [0, 0.1) is 5.92 Å². The topological polar surface area (TPSA) is 64.3 Å². The summed E-state index contributed by atoms with van der Waals surface area (Å²) in [5.74, 6) is 0.965. The summed E-state index contributed by atoms with van der Waals surface area (Å²) >= 11 is 0. The summed E-state index contributed by atoms with van der Waals surface area (Å²) in [5.41, 5.74) is 7.44. The van der Waals surface area contributed by atoms with Crippen molar-refractivity contribution >= 4 is 11.6 Å². The predicted octanol–water partition coefficient (Wildman–Crippen LogP) is 3.70. The molecule has 0 radical (unpaired) electrons. The fraction of sp³-hybridized carbons (Fsp3) is 0.588. The Kier molecular flexibility index (Phi) is 7.83. The maximum Gasteiger partial charge on any atom is 0.227 e. The number of anilines is 1. The van der Waals surface area contributed by atoms with Crippen molar-refractivity contribution in [2.45, 2.75) is 53.0 Å². The minimum atomic E-state index is 0.0813. The van der Waals surface area contributed by atoms with E-state index in [4.69, 9.17) is 10.5 Å². The molecule has 1 unspecified atom stereocenters. The first-order valence-corrected chi connectivity index (χ1v) is 7.92. The largest absolute Gasteiger partial charge is 0.494 e. The number of hydrogen-bond donors (Lipinski definition) is 2. The van der Waals surface area contributed by atoms with Crippen molar-refractivity contribution in [1.29, 1.82) is 0 Å². The van der Waals surface area contributed by atoms with Crippen LogP contribution in [0.5, 0.6) is 5.75 Å². The van der Waals surface area contributed by atoms with E-state index in [1.54, 1.807) is 0 Å². The van der Waals surface area contributed by atoms with Crippen LogP contribution in [0.2, 0.25) is 0 Å². The monoisotopic (exact) mass is 292 g/mol. The molecule has 1 atom stereocenters. The Hall–Kier alpha value is -1.55. The summed E-state index contributed by atoms with van der Waals surface area (Å²) in [6.45, 7) is 7.14. The fourth-order valence-electron chi connectivity index (χ4n) is 2.33. The molecular weight excluding hydrogens is 264 g/mol. The highest BCUT2D eigenvalue weighted by Crippen LogP contribution is 2.23. The number of nitrogens with two attached hydrogens (primary N) is 1. The van der Waals surface area contributed by atoms with Gasteiger partial charge in [-0.2, -0.15) is 0 Å². The van der Waals surface area contributed by atoms with Crippen molar-refractivity contribution in [3.05, 3.63) is 23.8 Å². The summed E-state index contributed by atoms with van der Waals surface area (Å²) in [6.07, 6.45) is 4.01. The molecule has 0 heterocycles. The van der Waals surface area contributed by atoms with E-state index in [1.165, 1.54) is 0 Å². The van der Waals surface area contributed by atoms with Crippen LogP contribution in [0.4, 0.5) is 5.69 Å². The van der Waals surface area contributed by atoms with E-state index in [0.29, 0.717) is 13.2 Å². The quantitative estimate of drug-likeness (QED) is 0.729. The predicted molar refractivity (Wildman–Crippen MR) is 87.4 cm³/mol. The third-order valence-electron chi connectivity index (χ3n) is 3.62. The second-order valence-electron chi connectivity index (χ2n) is 5.20. The zero-order valence-corrected chi connectivity index (χ0v) is 13.4. The molecule has 0 aliphatic heterocycles. The maximum atomic E-state index is 12.3. The molecule has 3 N–H and O–H groups in total. The van der Waals surface area contributed by atoms with Crippen molar-refractivity contribution in [3.63, 3.8) is 0 Å². The van der Waals surface area contributed by atoms with Gasteiger partial charge in [0.1, 0.15) is 5.75 Å². The van der Waals surface area contributed by atoms with Gasteiger partial charge in [0, 0.05) is 23.7 Å². The summed E-state index contributed by atoms with van der Waals surface area (Å²) in [6, 6.07) is 5.64. The van der Waals surface area contributed by atoms with Crippen molar-refractivity contribution in [3.8, 4) is 5.75 Å². The lowest BCUT2D eigenvalue weighted by atomic mass is 9.98. The number of carbonyl (C=O) groups is 1. The molecule has 0 spiro atoms. The molecular formula is C17H28N2O2. The zero-order valence-electron chi connectivity index (χ0n) is 13.4. The molecule has 4 heteroatoms. The number of ether oxygens (including phenoxy) is 1. The molecule has 1 rings (SSSR count). The van der Waals surface area contributed by atoms with E-state index >= 15 is 0 Å². The van der Waals surface area contributed by atoms with E-state index in [2.05, 4.69) is 19.2 Å². The van der Waals surface area contributed by atoms with E-state index < -0.39 is 0 Å². The lowest BCUT2D eigenvalue weighted by Crippen LogP contribution is -2.22. The van der Waals surface area contributed by atoms with Gasteiger partial charge in [-0.15, -0.1) is 0 Å². The second-order valence-corrected chi connectivity index (χ2v) is 5.20. The first-order chi connectivity index (χ1) is 10.2. The summed E-state index contributed by atoms with van der Waals surface area (Å²) in [5, 5.41) is 3.00. The minimum Gasteiger partial charge on any atom is -0.494 e. The van der Waals surface area contributed by atoms with Gasteiger partial charge in [0.2, 0.25) is 5.91 Å². The number of rotatable bonds is 9. The van der Waals surface area contributed by atoms with Crippen LogP contribution in [0.3, 0.4) is 0 Å². The van der Waals surface area contributed by atoms with Crippen molar-refractivity contribution in [2.24, 2.45) is 11.7 Å². The van der Waals surface area contributed by atoms with Crippen LogP contribution >= 0.6 is 0 Å². The molecule has 21 heavy (non-hydrogen) atoms. The number of amides is 1. The SMILES string of the molecule is CCCCC(CC)C(=O)Nc1ccc(OCC)c(CN)c1. The van der Waals surface area contributed by atoms with Crippen LogP contribution in [0.25, 0.3) is 0 Å². The summed E-state index contributed by atoms with van der Waals surface area (Å²) in [4.78, 5) is 12.3. The Labute approximate surface area is 128 Å². The van der Waals surface area contributed by atoms with Gasteiger partial charge in [-0.1, -0.05) is 26.7 Å². The van der Waals surface area contributed by atoms with Crippen LogP contribution in [-0.2, 0) is 11.3 Å². The normalized spacial score (nSPS) is 12.0. The Balaban J connectivity index is 2.75. The third-order valence-corrected chi connectivity index (χ3v) is 3.62. The van der Waals surface area contributed by atoms with E-state index in [0.717, 1.165) is 42.7 Å². The summed E-state index contributed by atoms with van der Waals surface area (Å²) in [7, 11) is 0. The first kappa shape index (κ1) is 17.5. The van der Waals surface area contributed by atoms with Gasteiger partial charge >= 0.3 is 0 Å². The number of nitrogens with one attached hydrogen (secondary N) is 1. The molecule has 0 aliphatic rings. The van der Waals surface area contributed by atoms with E-state index in [9.17, 15) is 4.79 Å². The standard InChI is InChI=1S/C17H28N2O2/c1-4-7-8-13(5-2)17(20)19-15-9-10-16(21-6-3)14(11-15)12-18/h9-11,13H,4-8,12,18H2,1-3H3,(H,19,20). The van der Waals surface area contributed by atoms with Gasteiger partial charge in [-0.25, -0.2) is 0 Å². The van der Waals surface area contributed by atoms with Crippen molar-refractivity contribution in [1.82, 2.24) is 0 Å². The number of hydrogen-bond acceptors (Lipinski definition) is 3. The highest BCUT2D eigenvalue weighted by Gasteiger charge is 2.16. The van der Waals surface area contributed by atoms with Crippen LogP contribution in [-0.4, -0.2) is 12.5 Å². The molecule has 118 valence electrons. The lowest BCUT2D eigenvalue weighted by molar-refractivity contribution is -0.120. The van der Waals surface area contributed by atoms with Gasteiger partial charge in [-0.3, -0.25) is 4.79 Å². The Bertz CT molecular complexity index is 446. The Morgan fingerprint density at radius 1 is 1.33 bits per heavy atom. The Morgan fingerprint density at radius 3 is 2.67 bits per heavy atom.